The molecule has 170 valence electrons. The molecule has 0 aliphatic carbocycles. The van der Waals surface area contributed by atoms with Crippen LogP contribution in [0.15, 0.2) is 24.7 Å². The number of rotatable bonds is 9. The summed E-state index contributed by atoms with van der Waals surface area (Å²) in [5, 5.41) is 4.04. The average Bonchev–Trinajstić information content (AvgIpc) is 3.28. The van der Waals surface area contributed by atoms with E-state index in [0.717, 1.165) is 19.6 Å². The van der Waals surface area contributed by atoms with Crippen LogP contribution in [0.25, 0.3) is 10.9 Å². The predicted octanol–water partition coefficient (Wildman–Crippen LogP) is 4.09. The van der Waals surface area contributed by atoms with E-state index in [0.29, 0.717) is 46.5 Å². The molecule has 3 heterocycles. The Hall–Kier alpha value is -2.91. The average molecular weight is 459 g/mol. The van der Waals surface area contributed by atoms with E-state index < -0.39 is 0 Å². The molecule has 1 aliphatic rings. The fourth-order valence-electron chi connectivity index (χ4n) is 3.60. The van der Waals surface area contributed by atoms with Crippen LogP contribution in [0, 0.1) is 0 Å². The van der Waals surface area contributed by atoms with Crippen LogP contribution in [0.3, 0.4) is 0 Å². The van der Waals surface area contributed by atoms with Gasteiger partial charge in [0.2, 0.25) is 5.88 Å². The molecule has 0 bridgehead atoms. The van der Waals surface area contributed by atoms with Crippen molar-refractivity contribution in [2.45, 2.75) is 32.8 Å². The smallest absolute Gasteiger partial charge is 0.234 e. The van der Waals surface area contributed by atoms with Gasteiger partial charge < -0.3 is 19.5 Å². The van der Waals surface area contributed by atoms with Gasteiger partial charge >= 0.3 is 0 Å². The van der Waals surface area contributed by atoms with Gasteiger partial charge in [-0.25, -0.2) is 15.0 Å². The summed E-state index contributed by atoms with van der Waals surface area (Å²) in [6, 6.07) is 3.76. The first kappa shape index (κ1) is 22.3. The SMILES string of the molecule is COc1cnc(Cl)c(Nc2ncnc3cc(OCCN4CCCC4)cc(OC(C)C)c23)n1. The van der Waals surface area contributed by atoms with Crippen molar-refractivity contribution in [3.63, 3.8) is 0 Å². The third kappa shape index (κ3) is 5.28. The molecule has 4 rings (SSSR count). The summed E-state index contributed by atoms with van der Waals surface area (Å²) in [7, 11) is 1.52. The third-order valence-electron chi connectivity index (χ3n) is 5.06. The van der Waals surface area contributed by atoms with Gasteiger partial charge in [0, 0.05) is 18.7 Å². The van der Waals surface area contributed by atoms with Crippen molar-refractivity contribution >= 4 is 34.1 Å². The number of halogens is 1. The molecule has 1 N–H and O–H groups in total. The molecule has 0 saturated carbocycles. The molecule has 10 heteroatoms. The summed E-state index contributed by atoms with van der Waals surface area (Å²) in [4.78, 5) is 19.7. The molecule has 1 aromatic carbocycles. The maximum Gasteiger partial charge on any atom is 0.234 e. The summed E-state index contributed by atoms with van der Waals surface area (Å²) in [5.41, 5.74) is 0.684. The number of hydrogen-bond donors (Lipinski definition) is 1. The summed E-state index contributed by atoms with van der Waals surface area (Å²) in [5.74, 6) is 2.48. The van der Waals surface area contributed by atoms with E-state index in [2.05, 4.69) is 30.2 Å². The van der Waals surface area contributed by atoms with E-state index in [9.17, 15) is 0 Å². The van der Waals surface area contributed by atoms with Crippen LogP contribution in [0.5, 0.6) is 17.4 Å². The van der Waals surface area contributed by atoms with Crippen LogP contribution in [-0.4, -0.2) is 64.3 Å². The summed E-state index contributed by atoms with van der Waals surface area (Å²) >= 11 is 6.22. The minimum Gasteiger partial charge on any atom is -0.492 e. The second-order valence-corrected chi connectivity index (χ2v) is 8.14. The van der Waals surface area contributed by atoms with Crippen molar-refractivity contribution in [2.75, 3.05) is 38.7 Å². The zero-order valence-corrected chi connectivity index (χ0v) is 19.2. The number of ether oxygens (including phenoxy) is 3. The fraction of sp³-hybridized carbons (Fsp3) is 0.455. The number of anilines is 2. The van der Waals surface area contributed by atoms with Crippen LogP contribution >= 0.6 is 11.6 Å². The van der Waals surface area contributed by atoms with Crippen LogP contribution < -0.4 is 19.5 Å². The second-order valence-electron chi connectivity index (χ2n) is 7.78. The van der Waals surface area contributed by atoms with Gasteiger partial charge in [-0.05, 0) is 39.8 Å². The Kier molecular flexibility index (Phi) is 7.06. The number of hydrogen-bond acceptors (Lipinski definition) is 9. The zero-order valence-electron chi connectivity index (χ0n) is 18.5. The van der Waals surface area contributed by atoms with Gasteiger partial charge in [0.25, 0.3) is 0 Å². The molecule has 1 fully saturated rings. The lowest BCUT2D eigenvalue weighted by atomic mass is 10.2. The molecule has 1 saturated heterocycles. The standard InChI is InChI=1S/C22H27ClN6O3/c1-14(2)32-17-11-15(31-9-8-29-6-4-5-7-29)10-16-19(17)21(26-13-25-16)28-22-20(23)24-12-18(27-22)30-3/h10-14H,4-9H2,1-3H3,(H,25,26,27,28). The third-order valence-corrected chi connectivity index (χ3v) is 5.34. The Labute approximate surface area is 192 Å². The normalized spacial score (nSPS) is 14.2. The highest BCUT2D eigenvalue weighted by Gasteiger charge is 2.17. The van der Waals surface area contributed by atoms with E-state index in [4.69, 9.17) is 25.8 Å². The van der Waals surface area contributed by atoms with Crippen molar-refractivity contribution in [3.8, 4) is 17.4 Å². The fourth-order valence-corrected chi connectivity index (χ4v) is 3.74. The molecule has 1 aliphatic heterocycles. The monoisotopic (exact) mass is 458 g/mol. The van der Waals surface area contributed by atoms with Gasteiger partial charge in [-0.1, -0.05) is 11.6 Å². The lowest BCUT2D eigenvalue weighted by molar-refractivity contribution is 0.231. The first-order valence-electron chi connectivity index (χ1n) is 10.7. The zero-order chi connectivity index (χ0) is 22.5. The Balaban J connectivity index is 1.65. The first-order valence-corrected chi connectivity index (χ1v) is 11.1. The molecule has 0 radical (unpaired) electrons. The minimum atomic E-state index is -0.0497. The molecule has 0 spiro atoms. The molecular weight excluding hydrogens is 432 g/mol. The summed E-state index contributed by atoms with van der Waals surface area (Å²) < 4.78 is 17.3. The molecule has 2 aromatic heterocycles. The molecule has 3 aromatic rings. The highest BCUT2D eigenvalue weighted by atomic mass is 35.5. The Bertz CT molecular complexity index is 1070. The molecule has 9 nitrogen and oxygen atoms in total. The van der Waals surface area contributed by atoms with Gasteiger partial charge in [0.05, 0.1) is 30.3 Å². The van der Waals surface area contributed by atoms with E-state index in [1.807, 2.05) is 26.0 Å². The number of aromatic nitrogens is 4. The first-order chi connectivity index (χ1) is 15.5. The summed E-state index contributed by atoms with van der Waals surface area (Å²) in [6.45, 7) is 7.73. The molecule has 0 unspecified atom stereocenters. The lowest BCUT2D eigenvalue weighted by Gasteiger charge is -2.18. The highest BCUT2D eigenvalue weighted by molar-refractivity contribution is 6.31. The van der Waals surface area contributed by atoms with Crippen LogP contribution in [0.1, 0.15) is 26.7 Å². The lowest BCUT2D eigenvalue weighted by Crippen LogP contribution is -2.25. The van der Waals surface area contributed by atoms with E-state index in [1.165, 1.54) is 32.5 Å². The van der Waals surface area contributed by atoms with Gasteiger partial charge in [0.1, 0.15) is 30.3 Å². The highest BCUT2D eigenvalue weighted by Crippen LogP contribution is 2.36. The number of likely N-dealkylation sites (tertiary alicyclic amines) is 1. The summed E-state index contributed by atoms with van der Waals surface area (Å²) in [6.07, 6.45) is 5.39. The van der Waals surface area contributed by atoms with Gasteiger partial charge in [0.15, 0.2) is 11.0 Å². The number of fused-ring (bicyclic) bond motifs is 1. The Morgan fingerprint density at radius 2 is 1.94 bits per heavy atom. The quantitative estimate of drug-likeness (QED) is 0.508. The van der Waals surface area contributed by atoms with Crippen molar-refractivity contribution in [1.29, 1.82) is 0 Å². The maximum absolute atomic E-state index is 6.22. The predicted molar refractivity (Wildman–Crippen MR) is 123 cm³/mol. The largest absolute Gasteiger partial charge is 0.492 e. The van der Waals surface area contributed by atoms with Crippen molar-refractivity contribution in [3.05, 3.63) is 29.8 Å². The van der Waals surface area contributed by atoms with Crippen LogP contribution in [0.4, 0.5) is 11.6 Å². The number of nitrogens with zero attached hydrogens (tertiary/aromatic N) is 5. The van der Waals surface area contributed by atoms with Gasteiger partial charge in [-0.2, -0.15) is 4.98 Å². The molecular formula is C22H27ClN6O3. The van der Waals surface area contributed by atoms with Crippen molar-refractivity contribution in [2.24, 2.45) is 0 Å². The Morgan fingerprint density at radius 1 is 1.12 bits per heavy atom. The number of methoxy groups -OCH3 is 1. The van der Waals surface area contributed by atoms with Crippen LogP contribution in [-0.2, 0) is 0 Å². The number of benzene rings is 1. The maximum atomic E-state index is 6.22. The van der Waals surface area contributed by atoms with Gasteiger partial charge in [-0.3, -0.25) is 4.90 Å². The van der Waals surface area contributed by atoms with E-state index in [-0.39, 0.29) is 11.3 Å². The molecule has 32 heavy (non-hydrogen) atoms. The number of nitrogens with one attached hydrogen (secondary N) is 1. The van der Waals surface area contributed by atoms with Crippen molar-refractivity contribution in [1.82, 2.24) is 24.8 Å². The van der Waals surface area contributed by atoms with E-state index >= 15 is 0 Å². The molecule has 0 amide bonds. The topological polar surface area (TPSA) is 94.5 Å². The second kappa shape index (κ2) is 10.1. The minimum absolute atomic E-state index is 0.0497. The van der Waals surface area contributed by atoms with Crippen LogP contribution in [0.2, 0.25) is 5.15 Å². The van der Waals surface area contributed by atoms with E-state index in [1.54, 1.807) is 0 Å². The molecule has 0 atom stereocenters. The van der Waals surface area contributed by atoms with Gasteiger partial charge in [-0.15, -0.1) is 0 Å². The van der Waals surface area contributed by atoms with Crippen molar-refractivity contribution < 1.29 is 14.2 Å². The Morgan fingerprint density at radius 3 is 2.69 bits per heavy atom.